The van der Waals surface area contributed by atoms with Crippen molar-refractivity contribution in [3.05, 3.63) is 16.6 Å². The second kappa shape index (κ2) is 5.61. The molecule has 0 bridgehead atoms. The zero-order valence-corrected chi connectivity index (χ0v) is 11.3. The Bertz CT molecular complexity index is 301. The van der Waals surface area contributed by atoms with Crippen LogP contribution in [-0.4, -0.2) is 21.8 Å². The summed E-state index contributed by atoms with van der Waals surface area (Å²) in [5, 5.41) is 3.84. The van der Waals surface area contributed by atoms with Crippen LogP contribution in [0.1, 0.15) is 36.4 Å². The van der Waals surface area contributed by atoms with Crippen LogP contribution in [0.15, 0.2) is 11.7 Å². The van der Waals surface area contributed by atoms with Gasteiger partial charge in [0.1, 0.15) is 4.88 Å². The van der Waals surface area contributed by atoms with Gasteiger partial charge in [-0.3, -0.25) is 9.78 Å². The number of nitrogens with zero attached hydrogens (tertiary/aromatic N) is 1. The third-order valence-electron chi connectivity index (χ3n) is 2.64. The molecule has 0 unspecified atom stereocenters. The first kappa shape index (κ1) is 12.6. The fraction of sp³-hybridized carbons (Fsp3) is 0.600. The first-order valence-electron chi connectivity index (χ1n) is 4.94. The second-order valence-corrected chi connectivity index (χ2v) is 4.89. The molecule has 1 aromatic rings. The predicted molar refractivity (Wildman–Crippen MR) is 66.7 cm³/mol. The summed E-state index contributed by atoms with van der Waals surface area (Å²) in [7, 11) is 0. The number of hydrogen-bond donors (Lipinski definition) is 1. The highest BCUT2D eigenvalue weighted by molar-refractivity contribution is 9.09. The van der Waals surface area contributed by atoms with E-state index in [4.69, 9.17) is 0 Å². The molecule has 1 heterocycles. The highest BCUT2D eigenvalue weighted by Crippen LogP contribution is 2.19. The predicted octanol–water partition coefficient (Wildman–Crippen LogP) is 2.83. The van der Waals surface area contributed by atoms with Crippen LogP contribution in [0.25, 0.3) is 0 Å². The van der Waals surface area contributed by atoms with Gasteiger partial charge in [-0.25, -0.2) is 0 Å². The van der Waals surface area contributed by atoms with Crippen LogP contribution in [0.5, 0.6) is 0 Å². The minimum atomic E-state index is -0.138. The lowest BCUT2D eigenvalue weighted by Crippen LogP contribution is -2.48. The van der Waals surface area contributed by atoms with E-state index in [9.17, 15) is 4.79 Å². The van der Waals surface area contributed by atoms with Crippen molar-refractivity contribution in [2.45, 2.75) is 32.2 Å². The molecular formula is C10H15BrN2OS. The minimum Gasteiger partial charge on any atom is -0.345 e. The van der Waals surface area contributed by atoms with Gasteiger partial charge >= 0.3 is 0 Å². The van der Waals surface area contributed by atoms with Gasteiger partial charge in [-0.05, 0) is 12.8 Å². The number of rotatable bonds is 5. The fourth-order valence-electron chi connectivity index (χ4n) is 1.28. The van der Waals surface area contributed by atoms with E-state index in [1.165, 1.54) is 11.3 Å². The highest BCUT2D eigenvalue weighted by Gasteiger charge is 2.27. The number of hydrogen-bond acceptors (Lipinski definition) is 3. The van der Waals surface area contributed by atoms with Gasteiger partial charge in [-0.1, -0.05) is 29.8 Å². The number of halogens is 1. The summed E-state index contributed by atoms with van der Waals surface area (Å²) in [5.41, 5.74) is 1.53. The quantitative estimate of drug-likeness (QED) is 0.848. The van der Waals surface area contributed by atoms with Gasteiger partial charge in [0.15, 0.2) is 0 Å². The van der Waals surface area contributed by atoms with Crippen molar-refractivity contribution in [1.29, 1.82) is 0 Å². The number of carbonyl (C=O) groups excluding carboxylic acids is 1. The van der Waals surface area contributed by atoms with Gasteiger partial charge in [0.2, 0.25) is 0 Å². The van der Waals surface area contributed by atoms with E-state index in [0.29, 0.717) is 4.88 Å². The minimum absolute atomic E-state index is 0.0272. The summed E-state index contributed by atoms with van der Waals surface area (Å²) in [5.74, 6) is -0.0272. The third kappa shape index (κ3) is 3.01. The molecule has 0 spiro atoms. The van der Waals surface area contributed by atoms with E-state index in [0.717, 1.165) is 18.2 Å². The molecule has 15 heavy (non-hydrogen) atoms. The lowest BCUT2D eigenvalue weighted by atomic mass is 9.95. The Balaban J connectivity index is 2.71. The Kier molecular flexibility index (Phi) is 4.73. The molecule has 3 nitrogen and oxygen atoms in total. The van der Waals surface area contributed by atoms with Crippen LogP contribution in [-0.2, 0) is 0 Å². The van der Waals surface area contributed by atoms with E-state index in [1.54, 1.807) is 11.7 Å². The maximum absolute atomic E-state index is 11.8. The molecule has 0 radical (unpaired) electrons. The van der Waals surface area contributed by atoms with Gasteiger partial charge in [-0.15, -0.1) is 11.3 Å². The number of thiazole rings is 1. The molecule has 0 fully saturated rings. The van der Waals surface area contributed by atoms with Crippen molar-refractivity contribution < 1.29 is 4.79 Å². The normalized spacial score (nSPS) is 11.4. The molecule has 0 aliphatic carbocycles. The molecule has 0 atom stereocenters. The van der Waals surface area contributed by atoms with Crippen molar-refractivity contribution >= 4 is 33.2 Å². The molecule has 0 aliphatic heterocycles. The molecule has 84 valence electrons. The second-order valence-electron chi connectivity index (χ2n) is 3.44. The number of amides is 1. The van der Waals surface area contributed by atoms with Gasteiger partial charge in [-0.2, -0.15) is 0 Å². The SMILES string of the molecule is CCC(CC)(CBr)NC(=O)c1cncs1. The molecule has 5 heteroatoms. The van der Waals surface area contributed by atoms with E-state index in [-0.39, 0.29) is 11.4 Å². The lowest BCUT2D eigenvalue weighted by Gasteiger charge is -2.30. The van der Waals surface area contributed by atoms with Crippen LogP contribution in [0.2, 0.25) is 0 Å². The Hall–Kier alpha value is -0.420. The summed E-state index contributed by atoms with van der Waals surface area (Å²) in [4.78, 5) is 16.4. The molecule has 0 aliphatic rings. The van der Waals surface area contributed by atoms with Crippen molar-refractivity contribution in [1.82, 2.24) is 10.3 Å². The maximum Gasteiger partial charge on any atom is 0.263 e. The Morgan fingerprint density at radius 3 is 2.67 bits per heavy atom. The Labute approximate surface area is 102 Å². The topological polar surface area (TPSA) is 42.0 Å². The molecule has 0 saturated heterocycles. The number of aromatic nitrogens is 1. The van der Waals surface area contributed by atoms with Crippen molar-refractivity contribution in [3.63, 3.8) is 0 Å². The van der Waals surface area contributed by atoms with Gasteiger partial charge in [0.05, 0.1) is 11.7 Å². The average molecular weight is 291 g/mol. The monoisotopic (exact) mass is 290 g/mol. The third-order valence-corrected chi connectivity index (χ3v) is 4.49. The van der Waals surface area contributed by atoms with Crippen LogP contribution in [0, 0.1) is 0 Å². The van der Waals surface area contributed by atoms with E-state index in [1.807, 2.05) is 0 Å². The Morgan fingerprint density at radius 2 is 2.27 bits per heavy atom. The van der Waals surface area contributed by atoms with Gasteiger partial charge in [0, 0.05) is 10.9 Å². The van der Waals surface area contributed by atoms with Crippen molar-refractivity contribution in [3.8, 4) is 0 Å². The molecule has 0 aromatic carbocycles. The lowest BCUT2D eigenvalue weighted by molar-refractivity contribution is 0.0907. The van der Waals surface area contributed by atoms with E-state index < -0.39 is 0 Å². The van der Waals surface area contributed by atoms with E-state index >= 15 is 0 Å². The summed E-state index contributed by atoms with van der Waals surface area (Å²) < 4.78 is 0. The van der Waals surface area contributed by atoms with Crippen molar-refractivity contribution in [2.24, 2.45) is 0 Å². The largest absolute Gasteiger partial charge is 0.345 e. The highest BCUT2D eigenvalue weighted by atomic mass is 79.9. The summed E-state index contributed by atoms with van der Waals surface area (Å²) in [6, 6.07) is 0. The average Bonchev–Trinajstić information content (AvgIpc) is 2.79. The zero-order chi connectivity index (χ0) is 11.3. The number of carbonyl (C=O) groups is 1. The van der Waals surface area contributed by atoms with Gasteiger partial charge in [0.25, 0.3) is 5.91 Å². The van der Waals surface area contributed by atoms with Crippen LogP contribution in [0.4, 0.5) is 0 Å². The smallest absolute Gasteiger partial charge is 0.263 e. The fourth-order valence-corrected chi connectivity index (χ4v) is 2.73. The summed E-state index contributed by atoms with van der Waals surface area (Å²) in [6.07, 6.45) is 3.43. The van der Waals surface area contributed by atoms with Crippen LogP contribution >= 0.6 is 27.3 Å². The number of alkyl halides is 1. The van der Waals surface area contributed by atoms with Gasteiger partial charge < -0.3 is 5.32 Å². The standard InChI is InChI=1S/C10H15BrN2OS/c1-3-10(4-2,6-11)13-9(14)8-5-12-7-15-8/h5,7H,3-4,6H2,1-2H3,(H,13,14). The first-order valence-corrected chi connectivity index (χ1v) is 6.94. The molecule has 1 N–H and O–H groups in total. The van der Waals surface area contributed by atoms with Crippen LogP contribution in [0.3, 0.4) is 0 Å². The molecule has 1 aromatic heterocycles. The number of nitrogens with one attached hydrogen (secondary N) is 1. The Morgan fingerprint density at radius 1 is 1.60 bits per heavy atom. The summed E-state index contributed by atoms with van der Waals surface area (Å²) >= 11 is 4.82. The van der Waals surface area contributed by atoms with E-state index in [2.05, 4.69) is 40.1 Å². The molecular weight excluding hydrogens is 276 g/mol. The maximum atomic E-state index is 11.8. The molecule has 0 saturated carbocycles. The summed E-state index contributed by atoms with van der Waals surface area (Å²) in [6.45, 7) is 4.16. The van der Waals surface area contributed by atoms with Crippen LogP contribution < -0.4 is 5.32 Å². The first-order chi connectivity index (χ1) is 7.17. The van der Waals surface area contributed by atoms with Crippen molar-refractivity contribution in [2.75, 3.05) is 5.33 Å². The zero-order valence-electron chi connectivity index (χ0n) is 8.92. The molecule has 1 rings (SSSR count). The molecule has 1 amide bonds.